The van der Waals surface area contributed by atoms with Crippen LogP contribution in [0.25, 0.3) is 0 Å². The Morgan fingerprint density at radius 1 is 1.12 bits per heavy atom. The monoisotopic (exact) mass is 348 g/mol. The second kappa shape index (κ2) is 7.32. The molecular formula is C22H24N2O2. The largest absolute Gasteiger partial charge is 0.390 e. The van der Waals surface area contributed by atoms with Crippen molar-refractivity contribution in [3.8, 4) is 0 Å². The van der Waals surface area contributed by atoms with Crippen LogP contribution < -0.4 is 0 Å². The molecule has 0 unspecified atom stereocenters. The Bertz CT molecular complexity index is 812. The van der Waals surface area contributed by atoms with Gasteiger partial charge in [0.2, 0.25) is 5.91 Å². The third kappa shape index (κ3) is 3.79. The summed E-state index contributed by atoms with van der Waals surface area (Å²) in [6.45, 7) is 3.31. The fraction of sp³-hybridized carbons (Fsp3) is 0.364. The van der Waals surface area contributed by atoms with Gasteiger partial charge in [-0.25, -0.2) is 0 Å². The van der Waals surface area contributed by atoms with Crippen LogP contribution in [0.1, 0.15) is 36.0 Å². The van der Waals surface area contributed by atoms with Gasteiger partial charge in [0.05, 0.1) is 12.3 Å². The Hall–Kier alpha value is -2.62. The van der Waals surface area contributed by atoms with E-state index in [0.29, 0.717) is 13.1 Å². The molecule has 0 aromatic heterocycles. The van der Waals surface area contributed by atoms with Crippen LogP contribution >= 0.6 is 0 Å². The van der Waals surface area contributed by atoms with Crippen molar-refractivity contribution in [3.05, 3.63) is 71.3 Å². The van der Waals surface area contributed by atoms with Gasteiger partial charge in [0, 0.05) is 24.4 Å². The third-order valence-corrected chi connectivity index (χ3v) is 5.07. The topological polar surface area (TPSA) is 41.9 Å². The lowest BCUT2D eigenvalue weighted by atomic mass is 10.00. The summed E-state index contributed by atoms with van der Waals surface area (Å²) in [4.78, 5) is 20.4. The predicted molar refractivity (Wildman–Crippen MR) is 102 cm³/mol. The van der Waals surface area contributed by atoms with Crippen LogP contribution in [0.2, 0.25) is 0 Å². The maximum atomic E-state index is 12.7. The molecule has 4 rings (SSSR count). The van der Waals surface area contributed by atoms with Crippen molar-refractivity contribution in [1.29, 1.82) is 0 Å². The predicted octanol–water partition coefficient (Wildman–Crippen LogP) is 3.93. The van der Waals surface area contributed by atoms with Crippen LogP contribution in [-0.4, -0.2) is 29.2 Å². The zero-order chi connectivity index (χ0) is 17.9. The van der Waals surface area contributed by atoms with Crippen molar-refractivity contribution < 1.29 is 9.63 Å². The third-order valence-electron chi connectivity index (χ3n) is 5.07. The molecule has 1 amide bonds. The summed E-state index contributed by atoms with van der Waals surface area (Å²) in [5.41, 5.74) is 4.47. The number of carbonyl (C=O) groups excluding carboxylic acids is 1. The van der Waals surface area contributed by atoms with Crippen LogP contribution in [0.5, 0.6) is 0 Å². The van der Waals surface area contributed by atoms with E-state index in [2.05, 4.69) is 36.3 Å². The molecule has 1 fully saturated rings. The highest BCUT2D eigenvalue weighted by atomic mass is 16.6. The number of aryl methyl sites for hydroxylation is 1. The molecule has 134 valence electrons. The van der Waals surface area contributed by atoms with Crippen molar-refractivity contribution in [2.75, 3.05) is 6.54 Å². The molecule has 0 radical (unpaired) electrons. The molecule has 0 bridgehead atoms. The van der Waals surface area contributed by atoms with E-state index in [1.54, 1.807) is 0 Å². The molecule has 1 saturated carbocycles. The van der Waals surface area contributed by atoms with Gasteiger partial charge in [-0.3, -0.25) is 4.79 Å². The highest BCUT2D eigenvalue weighted by Crippen LogP contribution is 2.32. The van der Waals surface area contributed by atoms with E-state index in [0.717, 1.165) is 36.1 Å². The molecule has 0 saturated heterocycles. The maximum Gasteiger partial charge on any atom is 0.226 e. The van der Waals surface area contributed by atoms with Crippen LogP contribution in [0.15, 0.2) is 59.8 Å². The number of oxime groups is 1. The van der Waals surface area contributed by atoms with Gasteiger partial charge in [-0.2, -0.15) is 0 Å². The summed E-state index contributed by atoms with van der Waals surface area (Å²) in [6.07, 6.45) is 2.70. The van der Waals surface area contributed by atoms with E-state index < -0.39 is 0 Å². The first-order valence-corrected chi connectivity index (χ1v) is 9.32. The minimum Gasteiger partial charge on any atom is -0.390 e. The van der Waals surface area contributed by atoms with Gasteiger partial charge in [-0.15, -0.1) is 0 Å². The van der Waals surface area contributed by atoms with Crippen LogP contribution in [0, 0.1) is 12.8 Å². The Kier molecular flexibility index (Phi) is 4.74. The van der Waals surface area contributed by atoms with E-state index in [9.17, 15) is 4.79 Å². The number of rotatable bonds is 6. The molecule has 1 aliphatic carbocycles. The van der Waals surface area contributed by atoms with Gasteiger partial charge in [0.15, 0.2) is 6.10 Å². The number of hydrogen-bond donors (Lipinski definition) is 0. The smallest absolute Gasteiger partial charge is 0.226 e. The zero-order valence-corrected chi connectivity index (χ0v) is 15.1. The van der Waals surface area contributed by atoms with Crippen molar-refractivity contribution in [2.24, 2.45) is 11.1 Å². The molecular weight excluding hydrogens is 324 g/mol. The summed E-state index contributed by atoms with van der Waals surface area (Å²) in [6, 6.07) is 18.4. The second-order valence-corrected chi connectivity index (χ2v) is 7.26. The van der Waals surface area contributed by atoms with E-state index in [-0.39, 0.29) is 17.9 Å². The van der Waals surface area contributed by atoms with Crippen molar-refractivity contribution in [3.63, 3.8) is 0 Å². The van der Waals surface area contributed by atoms with Gasteiger partial charge < -0.3 is 9.74 Å². The Balaban J connectivity index is 1.43. The number of amides is 1. The van der Waals surface area contributed by atoms with Gasteiger partial charge in [0.25, 0.3) is 0 Å². The number of carbonyl (C=O) groups is 1. The lowest BCUT2D eigenvalue weighted by Gasteiger charge is -2.25. The zero-order valence-electron chi connectivity index (χ0n) is 15.1. The first-order valence-electron chi connectivity index (χ1n) is 9.32. The Morgan fingerprint density at radius 3 is 2.58 bits per heavy atom. The molecule has 4 nitrogen and oxygen atoms in total. The minimum atomic E-state index is -0.0731. The second-order valence-electron chi connectivity index (χ2n) is 7.26. The first kappa shape index (κ1) is 16.8. The van der Waals surface area contributed by atoms with Gasteiger partial charge in [0.1, 0.15) is 0 Å². The van der Waals surface area contributed by atoms with Crippen LogP contribution in [-0.2, 0) is 16.2 Å². The maximum absolute atomic E-state index is 12.7. The van der Waals surface area contributed by atoms with Gasteiger partial charge >= 0.3 is 0 Å². The van der Waals surface area contributed by atoms with Gasteiger partial charge in [-0.05, 0) is 30.9 Å². The lowest BCUT2D eigenvalue weighted by Crippen LogP contribution is -2.38. The Labute approximate surface area is 154 Å². The number of hydrogen-bond acceptors (Lipinski definition) is 3. The average molecular weight is 348 g/mol. The Morgan fingerprint density at radius 2 is 1.85 bits per heavy atom. The van der Waals surface area contributed by atoms with E-state index in [1.165, 1.54) is 5.56 Å². The molecule has 1 aliphatic heterocycles. The quantitative estimate of drug-likeness (QED) is 0.794. The summed E-state index contributed by atoms with van der Waals surface area (Å²) in [5.74, 6) is 0.457. The van der Waals surface area contributed by atoms with E-state index >= 15 is 0 Å². The summed E-state index contributed by atoms with van der Waals surface area (Å²) >= 11 is 0. The van der Waals surface area contributed by atoms with Gasteiger partial charge in [-0.1, -0.05) is 59.8 Å². The lowest BCUT2D eigenvalue weighted by molar-refractivity contribution is -0.135. The number of benzene rings is 2. The van der Waals surface area contributed by atoms with Crippen molar-refractivity contribution >= 4 is 11.6 Å². The average Bonchev–Trinajstić information content (AvgIpc) is 3.41. The molecule has 26 heavy (non-hydrogen) atoms. The summed E-state index contributed by atoms with van der Waals surface area (Å²) in [5, 5.41) is 4.31. The molecule has 1 heterocycles. The number of nitrogens with zero attached hydrogens (tertiary/aromatic N) is 2. The van der Waals surface area contributed by atoms with Crippen molar-refractivity contribution in [2.45, 2.75) is 38.8 Å². The van der Waals surface area contributed by atoms with E-state index in [4.69, 9.17) is 4.84 Å². The fourth-order valence-electron chi connectivity index (χ4n) is 3.45. The molecule has 4 heteroatoms. The standard InChI is InChI=1S/C22H24N2O2/c1-16-7-5-6-10-20(16)21-13-19(26-23-21)15-24(22(25)18-11-12-18)14-17-8-3-2-4-9-17/h2-10,18-19H,11-15H2,1H3/t19-/m0/s1. The van der Waals surface area contributed by atoms with E-state index in [1.807, 2.05) is 35.2 Å². The molecule has 2 aliphatic rings. The fourth-order valence-corrected chi connectivity index (χ4v) is 3.45. The summed E-state index contributed by atoms with van der Waals surface area (Å²) < 4.78 is 0. The molecule has 2 aromatic rings. The van der Waals surface area contributed by atoms with Crippen LogP contribution in [0.3, 0.4) is 0 Å². The first-order chi connectivity index (χ1) is 12.7. The normalized spacial score (nSPS) is 19.0. The molecule has 0 spiro atoms. The molecule has 0 N–H and O–H groups in total. The summed E-state index contributed by atoms with van der Waals surface area (Å²) in [7, 11) is 0. The minimum absolute atomic E-state index is 0.0731. The SMILES string of the molecule is Cc1ccccc1C1=NO[C@H](CN(Cc2ccccc2)C(=O)C2CC2)C1. The van der Waals surface area contributed by atoms with Crippen molar-refractivity contribution in [1.82, 2.24) is 4.90 Å². The molecule has 2 aromatic carbocycles. The molecule has 1 atom stereocenters. The highest BCUT2D eigenvalue weighted by molar-refractivity contribution is 6.02. The van der Waals surface area contributed by atoms with Crippen LogP contribution in [0.4, 0.5) is 0 Å². The highest BCUT2D eigenvalue weighted by Gasteiger charge is 2.35.